The summed E-state index contributed by atoms with van der Waals surface area (Å²) in [6.45, 7) is 0. The molecule has 7 aromatic carbocycles. The Morgan fingerprint density at radius 1 is 0.404 bits per heavy atom. The van der Waals surface area contributed by atoms with E-state index in [2.05, 4.69) is 163 Å². The van der Waals surface area contributed by atoms with E-state index in [0.717, 1.165) is 28.1 Å². The fraction of sp³-hybridized carbons (Fsp3) is 0. The fourth-order valence-corrected chi connectivity index (χ4v) is 9.59. The Morgan fingerprint density at radius 2 is 0.979 bits per heavy atom. The molecule has 0 bridgehead atoms. The van der Waals surface area contributed by atoms with Crippen LogP contribution in [0, 0.1) is 0 Å². The first-order chi connectivity index (χ1) is 23.3. The quantitative estimate of drug-likeness (QED) is 0.179. The molecule has 0 aliphatic carbocycles. The van der Waals surface area contributed by atoms with Crippen molar-refractivity contribution in [1.29, 1.82) is 0 Å². The predicted octanol–water partition coefficient (Wildman–Crippen LogP) is 13.3. The van der Waals surface area contributed by atoms with Gasteiger partial charge in [0, 0.05) is 68.7 Å². The van der Waals surface area contributed by atoms with Crippen molar-refractivity contribution >= 4 is 102 Å². The van der Waals surface area contributed by atoms with E-state index in [9.17, 15) is 0 Å². The average Bonchev–Trinajstić information content (AvgIpc) is 3.71. The summed E-state index contributed by atoms with van der Waals surface area (Å²) >= 11 is 3.74. The van der Waals surface area contributed by atoms with Crippen molar-refractivity contribution in [3.8, 4) is 11.3 Å². The first-order valence-corrected chi connectivity index (χ1v) is 17.4. The van der Waals surface area contributed by atoms with Crippen LogP contribution in [0.1, 0.15) is 0 Å². The van der Waals surface area contributed by atoms with Crippen molar-refractivity contribution in [1.82, 2.24) is 4.98 Å². The Bertz CT molecular complexity index is 2790. The lowest BCUT2D eigenvalue weighted by Crippen LogP contribution is -2.09. The molecule has 0 amide bonds. The lowest BCUT2D eigenvalue weighted by atomic mass is 9.98. The zero-order chi connectivity index (χ0) is 30.9. The maximum absolute atomic E-state index is 5.28. The van der Waals surface area contributed by atoms with Gasteiger partial charge in [-0.15, -0.1) is 22.7 Å². The molecule has 0 spiro atoms. The molecule has 3 aromatic heterocycles. The standard InChI is InChI=1S/C43H26N2S2/c1-2-11-28(12-3-1)45(37-18-10-16-32-30-13-5-8-19-38(30)46-42(32)37)29-23-21-27(22-24-29)41-35-26-25-33-31-14-6-9-20-39(31)47-43(33)40(35)34-15-4-7-17-36(34)44-41/h1-26H. The number of aromatic nitrogens is 1. The highest BCUT2D eigenvalue weighted by Gasteiger charge is 2.19. The van der Waals surface area contributed by atoms with Crippen molar-refractivity contribution in [2.75, 3.05) is 4.90 Å². The summed E-state index contributed by atoms with van der Waals surface area (Å²) in [6.07, 6.45) is 0. The van der Waals surface area contributed by atoms with Gasteiger partial charge in [-0.3, -0.25) is 0 Å². The number of anilines is 3. The third kappa shape index (κ3) is 4.12. The number of fused-ring (bicyclic) bond motifs is 10. The molecule has 47 heavy (non-hydrogen) atoms. The summed E-state index contributed by atoms with van der Waals surface area (Å²) < 4.78 is 5.24. The van der Waals surface area contributed by atoms with Gasteiger partial charge in [-0.1, -0.05) is 109 Å². The highest BCUT2D eigenvalue weighted by atomic mass is 32.1. The van der Waals surface area contributed by atoms with Gasteiger partial charge in [0.15, 0.2) is 0 Å². The van der Waals surface area contributed by atoms with E-state index in [1.165, 1.54) is 62.2 Å². The maximum atomic E-state index is 5.28. The van der Waals surface area contributed by atoms with Gasteiger partial charge in [0.25, 0.3) is 0 Å². The molecule has 0 aliphatic heterocycles. The lowest BCUT2D eigenvalue weighted by Gasteiger charge is -2.26. The number of hydrogen-bond acceptors (Lipinski definition) is 4. The van der Waals surface area contributed by atoms with E-state index in [-0.39, 0.29) is 0 Å². The smallest absolute Gasteiger partial charge is 0.0788 e. The number of nitrogens with zero attached hydrogens (tertiary/aromatic N) is 2. The van der Waals surface area contributed by atoms with E-state index in [4.69, 9.17) is 4.98 Å². The topological polar surface area (TPSA) is 16.1 Å². The van der Waals surface area contributed by atoms with E-state index in [1.807, 2.05) is 22.7 Å². The predicted molar refractivity (Wildman–Crippen MR) is 205 cm³/mol. The van der Waals surface area contributed by atoms with Crippen LogP contribution in [0.15, 0.2) is 158 Å². The van der Waals surface area contributed by atoms with Gasteiger partial charge in [-0.2, -0.15) is 0 Å². The molecule has 0 aliphatic rings. The fourth-order valence-electron chi connectivity index (χ4n) is 7.12. The van der Waals surface area contributed by atoms with E-state index >= 15 is 0 Å². The van der Waals surface area contributed by atoms with Gasteiger partial charge in [0.05, 0.1) is 21.6 Å². The molecular weight excluding hydrogens is 609 g/mol. The van der Waals surface area contributed by atoms with Gasteiger partial charge in [-0.25, -0.2) is 4.98 Å². The highest BCUT2D eigenvalue weighted by molar-refractivity contribution is 7.27. The normalized spacial score (nSPS) is 11.8. The zero-order valence-corrected chi connectivity index (χ0v) is 26.9. The summed E-state index contributed by atoms with van der Waals surface area (Å²) in [4.78, 5) is 7.67. The molecule has 10 aromatic rings. The third-order valence-corrected chi connectivity index (χ3v) is 11.7. The second-order valence-corrected chi connectivity index (χ2v) is 14.0. The molecule has 0 saturated heterocycles. The minimum Gasteiger partial charge on any atom is -0.309 e. The van der Waals surface area contributed by atoms with Crippen molar-refractivity contribution < 1.29 is 0 Å². The summed E-state index contributed by atoms with van der Waals surface area (Å²) in [5.41, 5.74) is 6.57. The number of hydrogen-bond donors (Lipinski definition) is 0. The molecule has 0 fully saturated rings. The minimum atomic E-state index is 1.02. The van der Waals surface area contributed by atoms with Crippen LogP contribution in [-0.2, 0) is 0 Å². The van der Waals surface area contributed by atoms with Gasteiger partial charge < -0.3 is 4.90 Å². The van der Waals surface area contributed by atoms with Gasteiger partial charge in [0.2, 0.25) is 0 Å². The first kappa shape index (κ1) is 26.6. The molecule has 3 heterocycles. The second-order valence-electron chi connectivity index (χ2n) is 11.9. The molecule has 0 radical (unpaired) electrons. The Morgan fingerprint density at radius 3 is 1.74 bits per heavy atom. The molecule has 2 nitrogen and oxygen atoms in total. The van der Waals surface area contributed by atoms with Crippen LogP contribution in [0.4, 0.5) is 17.1 Å². The van der Waals surface area contributed by atoms with Crippen molar-refractivity contribution in [3.05, 3.63) is 158 Å². The van der Waals surface area contributed by atoms with Crippen molar-refractivity contribution in [2.24, 2.45) is 0 Å². The largest absolute Gasteiger partial charge is 0.309 e. The van der Waals surface area contributed by atoms with Crippen LogP contribution in [0.25, 0.3) is 73.3 Å². The monoisotopic (exact) mass is 634 g/mol. The van der Waals surface area contributed by atoms with Crippen LogP contribution in [0.5, 0.6) is 0 Å². The molecule has 0 saturated carbocycles. The summed E-state index contributed by atoms with van der Waals surface area (Å²) in [5.74, 6) is 0. The third-order valence-electron chi connectivity index (χ3n) is 9.25. The molecule has 4 heteroatoms. The summed E-state index contributed by atoms with van der Waals surface area (Å²) in [6, 6.07) is 56.9. The van der Waals surface area contributed by atoms with Crippen molar-refractivity contribution in [3.63, 3.8) is 0 Å². The molecular formula is C43H26N2S2. The summed E-state index contributed by atoms with van der Waals surface area (Å²) in [7, 11) is 0. The van der Waals surface area contributed by atoms with Gasteiger partial charge in [-0.05, 0) is 48.5 Å². The second kappa shape index (κ2) is 10.5. The number of rotatable bonds is 4. The maximum Gasteiger partial charge on any atom is 0.0788 e. The Labute approximate surface area is 279 Å². The minimum absolute atomic E-state index is 1.02. The Hall–Kier alpha value is -5.55. The molecule has 0 N–H and O–H groups in total. The van der Waals surface area contributed by atoms with Gasteiger partial charge in [0.1, 0.15) is 0 Å². The highest BCUT2D eigenvalue weighted by Crippen LogP contribution is 2.46. The Balaban J connectivity index is 1.17. The number of pyridine rings is 1. The number of benzene rings is 7. The van der Waals surface area contributed by atoms with E-state index < -0.39 is 0 Å². The molecule has 0 atom stereocenters. The van der Waals surface area contributed by atoms with Crippen LogP contribution >= 0.6 is 22.7 Å². The van der Waals surface area contributed by atoms with E-state index in [1.54, 1.807) is 0 Å². The average molecular weight is 635 g/mol. The Kier molecular flexibility index (Phi) is 5.95. The van der Waals surface area contributed by atoms with Crippen LogP contribution in [0.2, 0.25) is 0 Å². The van der Waals surface area contributed by atoms with Crippen LogP contribution in [0.3, 0.4) is 0 Å². The SMILES string of the molecule is c1ccc(N(c2ccc(-c3nc4ccccc4c4c3ccc3c5ccccc5sc34)cc2)c2cccc3c2sc2ccccc23)cc1. The first-order valence-electron chi connectivity index (χ1n) is 15.8. The van der Waals surface area contributed by atoms with Crippen LogP contribution in [-0.4, -0.2) is 4.98 Å². The number of thiophene rings is 2. The van der Waals surface area contributed by atoms with E-state index in [0.29, 0.717) is 0 Å². The van der Waals surface area contributed by atoms with Crippen LogP contribution < -0.4 is 4.90 Å². The summed E-state index contributed by atoms with van der Waals surface area (Å²) in [5, 5.41) is 8.90. The number of para-hydroxylation sites is 2. The lowest BCUT2D eigenvalue weighted by molar-refractivity contribution is 1.30. The molecule has 220 valence electrons. The van der Waals surface area contributed by atoms with Gasteiger partial charge >= 0.3 is 0 Å². The molecule has 0 unspecified atom stereocenters. The van der Waals surface area contributed by atoms with Crippen molar-refractivity contribution in [2.45, 2.75) is 0 Å². The molecule has 10 rings (SSSR count). The zero-order valence-electron chi connectivity index (χ0n) is 25.2.